The van der Waals surface area contributed by atoms with E-state index in [0.717, 1.165) is 17.7 Å². The van der Waals surface area contributed by atoms with Crippen LogP contribution in [0.5, 0.6) is 11.5 Å². The van der Waals surface area contributed by atoms with E-state index in [4.69, 9.17) is 4.74 Å². The smallest absolute Gasteiger partial charge is 0.417 e. The molecule has 20 heavy (non-hydrogen) atoms. The molecule has 0 aliphatic carbocycles. The predicted octanol–water partition coefficient (Wildman–Crippen LogP) is 4.62. The van der Waals surface area contributed by atoms with Gasteiger partial charge in [-0.05, 0) is 37.3 Å². The second kappa shape index (κ2) is 5.36. The highest BCUT2D eigenvalue weighted by atomic mass is 19.4. The summed E-state index contributed by atoms with van der Waals surface area (Å²) < 4.78 is 43.7. The molecule has 0 N–H and O–H groups in total. The van der Waals surface area contributed by atoms with Crippen LogP contribution >= 0.6 is 0 Å². The molecular weight excluding hydrogens is 269 g/mol. The minimum absolute atomic E-state index is 0.0341. The predicted molar refractivity (Wildman–Crippen MR) is 68.1 cm³/mol. The van der Waals surface area contributed by atoms with E-state index in [0.29, 0.717) is 5.75 Å². The van der Waals surface area contributed by atoms with Crippen LogP contribution in [0.3, 0.4) is 0 Å². The standard InChI is InChI=1S/C15H11F3O2/c1-10-2-5-12(6-3-10)20-13-7-4-11(9-19)14(8-13)15(16,17)18/h2-9H,1H3. The Labute approximate surface area is 113 Å². The van der Waals surface area contributed by atoms with E-state index >= 15 is 0 Å². The van der Waals surface area contributed by atoms with Gasteiger partial charge in [-0.15, -0.1) is 0 Å². The van der Waals surface area contributed by atoms with Crippen LogP contribution in [0.1, 0.15) is 21.5 Å². The molecule has 0 amide bonds. The number of aryl methyl sites for hydroxylation is 1. The van der Waals surface area contributed by atoms with Gasteiger partial charge in [0.1, 0.15) is 11.5 Å². The second-order valence-corrected chi connectivity index (χ2v) is 4.28. The first-order chi connectivity index (χ1) is 9.40. The molecule has 2 aromatic rings. The Bertz CT molecular complexity index is 616. The summed E-state index contributed by atoms with van der Waals surface area (Å²) in [6.45, 7) is 1.89. The monoisotopic (exact) mass is 280 g/mol. The molecular formula is C15H11F3O2. The van der Waals surface area contributed by atoms with Crippen LogP contribution in [0.25, 0.3) is 0 Å². The van der Waals surface area contributed by atoms with E-state index in [1.54, 1.807) is 24.3 Å². The molecule has 104 valence electrons. The zero-order valence-corrected chi connectivity index (χ0v) is 10.6. The van der Waals surface area contributed by atoms with Crippen molar-refractivity contribution in [2.45, 2.75) is 13.1 Å². The molecule has 2 nitrogen and oxygen atoms in total. The lowest BCUT2D eigenvalue weighted by atomic mass is 10.1. The van der Waals surface area contributed by atoms with Crippen molar-refractivity contribution in [2.75, 3.05) is 0 Å². The van der Waals surface area contributed by atoms with E-state index in [9.17, 15) is 18.0 Å². The van der Waals surface area contributed by atoms with Gasteiger partial charge in [0, 0.05) is 5.56 Å². The molecule has 0 bridgehead atoms. The van der Waals surface area contributed by atoms with Gasteiger partial charge >= 0.3 is 6.18 Å². The Morgan fingerprint density at radius 3 is 2.15 bits per heavy atom. The fourth-order valence-corrected chi connectivity index (χ4v) is 1.69. The van der Waals surface area contributed by atoms with Gasteiger partial charge in [-0.1, -0.05) is 17.7 Å². The van der Waals surface area contributed by atoms with Crippen molar-refractivity contribution in [1.29, 1.82) is 0 Å². The Morgan fingerprint density at radius 1 is 1.00 bits per heavy atom. The van der Waals surface area contributed by atoms with Gasteiger partial charge < -0.3 is 4.74 Å². The third-order valence-electron chi connectivity index (χ3n) is 2.71. The summed E-state index contributed by atoms with van der Waals surface area (Å²) in [7, 11) is 0. The lowest BCUT2D eigenvalue weighted by Gasteiger charge is -2.12. The van der Waals surface area contributed by atoms with Crippen LogP contribution in [0.2, 0.25) is 0 Å². The van der Waals surface area contributed by atoms with Gasteiger partial charge in [0.05, 0.1) is 5.56 Å². The molecule has 0 fully saturated rings. The summed E-state index contributed by atoms with van der Waals surface area (Å²) in [6, 6.07) is 10.2. The van der Waals surface area contributed by atoms with Crippen LogP contribution in [0.15, 0.2) is 42.5 Å². The summed E-state index contributed by atoms with van der Waals surface area (Å²) in [5.74, 6) is 0.467. The van der Waals surface area contributed by atoms with Gasteiger partial charge in [-0.3, -0.25) is 4.79 Å². The van der Waals surface area contributed by atoms with E-state index in [1.165, 1.54) is 6.07 Å². The van der Waals surface area contributed by atoms with Crippen LogP contribution in [-0.4, -0.2) is 6.29 Å². The number of ether oxygens (including phenoxy) is 1. The van der Waals surface area contributed by atoms with Gasteiger partial charge in [0.25, 0.3) is 0 Å². The van der Waals surface area contributed by atoms with Crippen molar-refractivity contribution in [1.82, 2.24) is 0 Å². The maximum absolute atomic E-state index is 12.8. The van der Waals surface area contributed by atoms with Gasteiger partial charge in [0.15, 0.2) is 6.29 Å². The summed E-state index contributed by atoms with van der Waals surface area (Å²) in [5, 5.41) is 0. The normalized spacial score (nSPS) is 11.2. The second-order valence-electron chi connectivity index (χ2n) is 4.28. The van der Waals surface area contributed by atoms with Crippen molar-refractivity contribution in [3.05, 3.63) is 59.2 Å². The number of carbonyl (C=O) groups is 1. The van der Waals surface area contributed by atoms with Gasteiger partial charge in [0.2, 0.25) is 0 Å². The molecule has 0 saturated carbocycles. The van der Waals surface area contributed by atoms with Crippen LogP contribution in [-0.2, 0) is 6.18 Å². The number of benzene rings is 2. The number of alkyl halides is 3. The first-order valence-electron chi connectivity index (χ1n) is 5.81. The zero-order valence-electron chi connectivity index (χ0n) is 10.6. The lowest BCUT2D eigenvalue weighted by Crippen LogP contribution is -2.09. The highest BCUT2D eigenvalue weighted by Gasteiger charge is 2.33. The fourth-order valence-electron chi connectivity index (χ4n) is 1.69. The molecule has 2 rings (SSSR count). The molecule has 0 atom stereocenters. The minimum atomic E-state index is -4.59. The molecule has 0 saturated heterocycles. The third kappa shape index (κ3) is 3.17. The molecule has 0 aliphatic heterocycles. The summed E-state index contributed by atoms with van der Waals surface area (Å²) in [5.41, 5.74) is -0.393. The minimum Gasteiger partial charge on any atom is -0.457 e. The SMILES string of the molecule is Cc1ccc(Oc2ccc(C=O)c(C(F)(F)F)c2)cc1. The lowest BCUT2D eigenvalue weighted by molar-refractivity contribution is -0.137. The maximum atomic E-state index is 12.8. The number of aldehydes is 1. The van der Waals surface area contributed by atoms with Crippen molar-refractivity contribution in [2.24, 2.45) is 0 Å². The third-order valence-corrected chi connectivity index (χ3v) is 2.71. The number of halogens is 3. The average Bonchev–Trinajstić information content (AvgIpc) is 2.40. The Balaban J connectivity index is 2.34. The average molecular weight is 280 g/mol. The van der Waals surface area contributed by atoms with E-state index in [2.05, 4.69) is 0 Å². The van der Waals surface area contributed by atoms with Crippen LogP contribution in [0, 0.1) is 6.92 Å². The number of hydrogen-bond acceptors (Lipinski definition) is 2. The summed E-state index contributed by atoms with van der Waals surface area (Å²) >= 11 is 0. The highest BCUT2D eigenvalue weighted by Crippen LogP contribution is 2.35. The topological polar surface area (TPSA) is 26.3 Å². The maximum Gasteiger partial charge on any atom is 0.417 e. The molecule has 2 aromatic carbocycles. The Kier molecular flexibility index (Phi) is 3.79. The van der Waals surface area contributed by atoms with E-state index in [-0.39, 0.29) is 12.0 Å². The first-order valence-corrected chi connectivity index (χ1v) is 5.81. The Hall–Kier alpha value is -2.30. The quantitative estimate of drug-likeness (QED) is 0.767. The number of rotatable bonds is 3. The van der Waals surface area contributed by atoms with Gasteiger partial charge in [-0.25, -0.2) is 0 Å². The van der Waals surface area contributed by atoms with Crippen molar-refractivity contribution in [3.8, 4) is 11.5 Å². The summed E-state index contributed by atoms with van der Waals surface area (Å²) in [6.07, 6.45) is -4.42. The number of carbonyl (C=O) groups excluding carboxylic acids is 1. The van der Waals surface area contributed by atoms with Crippen molar-refractivity contribution >= 4 is 6.29 Å². The molecule has 0 aromatic heterocycles. The summed E-state index contributed by atoms with van der Waals surface area (Å²) in [4.78, 5) is 10.6. The highest BCUT2D eigenvalue weighted by molar-refractivity contribution is 5.78. The molecule has 0 aliphatic rings. The molecule has 0 radical (unpaired) electrons. The Morgan fingerprint density at radius 2 is 1.60 bits per heavy atom. The fraction of sp³-hybridized carbons (Fsp3) is 0.133. The van der Waals surface area contributed by atoms with Crippen molar-refractivity contribution in [3.63, 3.8) is 0 Å². The van der Waals surface area contributed by atoms with E-state index in [1.807, 2.05) is 6.92 Å². The first kappa shape index (κ1) is 14.1. The largest absolute Gasteiger partial charge is 0.457 e. The van der Waals surface area contributed by atoms with Crippen LogP contribution in [0.4, 0.5) is 13.2 Å². The number of hydrogen-bond donors (Lipinski definition) is 0. The zero-order chi connectivity index (χ0) is 14.8. The molecule has 5 heteroatoms. The van der Waals surface area contributed by atoms with Gasteiger partial charge in [-0.2, -0.15) is 13.2 Å². The molecule has 0 unspecified atom stereocenters. The molecule has 0 heterocycles. The van der Waals surface area contributed by atoms with Crippen LogP contribution < -0.4 is 4.74 Å². The van der Waals surface area contributed by atoms with Crippen molar-refractivity contribution < 1.29 is 22.7 Å². The molecule has 0 spiro atoms. The van der Waals surface area contributed by atoms with E-state index < -0.39 is 17.3 Å².